The lowest BCUT2D eigenvalue weighted by Crippen LogP contribution is -1.87. The molecule has 1 aromatic heterocycles. The van der Waals surface area contributed by atoms with Crippen LogP contribution in [0.3, 0.4) is 0 Å². The Hall–Kier alpha value is -2.17. The van der Waals surface area contributed by atoms with E-state index in [1.54, 1.807) is 18.2 Å². The molecule has 0 amide bonds. The van der Waals surface area contributed by atoms with Crippen LogP contribution in [0, 0.1) is 0 Å². The van der Waals surface area contributed by atoms with Crippen molar-refractivity contribution in [3.05, 3.63) is 24.3 Å². The van der Waals surface area contributed by atoms with E-state index in [0.29, 0.717) is 11.4 Å². The smallest absolute Gasteiger partial charge is 0.222 e. The summed E-state index contributed by atoms with van der Waals surface area (Å²) in [5, 5.41) is 13.0. The minimum Gasteiger partial charge on any atom is -0.508 e. The molecule has 2 aromatic rings. The van der Waals surface area contributed by atoms with Gasteiger partial charge in [0, 0.05) is 17.7 Å². The summed E-state index contributed by atoms with van der Waals surface area (Å²) in [6, 6.07) is 6.32. The van der Waals surface area contributed by atoms with Crippen LogP contribution in [0.4, 0.5) is 5.88 Å². The van der Waals surface area contributed by atoms with E-state index < -0.39 is 0 Å². The highest BCUT2D eigenvalue weighted by atomic mass is 16.5. The first-order chi connectivity index (χ1) is 7.20. The number of methoxy groups -OCH3 is 1. The van der Waals surface area contributed by atoms with E-state index in [1.165, 1.54) is 13.2 Å². The standard InChI is InChI=1S/C10H10N2O3/c1-14-9-4-6(13)2-3-7(9)8-5-10(11)15-12-8/h2-5,13H,11H2,1H3. The lowest BCUT2D eigenvalue weighted by molar-refractivity contribution is 0.407. The number of aromatic nitrogens is 1. The van der Waals surface area contributed by atoms with Gasteiger partial charge in [-0.2, -0.15) is 0 Å². The average molecular weight is 206 g/mol. The molecular formula is C10H10N2O3. The van der Waals surface area contributed by atoms with Gasteiger partial charge in [-0.05, 0) is 12.1 Å². The van der Waals surface area contributed by atoms with Crippen LogP contribution < -0.4 is 10.5 Å². The topological polar surface area (TPSA) is 81.5 Å². The molecule has 0 spiro atoms. The molecule has 78 valence electrons. The van der Waals surface area contributed by atoms with Crippen molar-refractivity contribution >= 4 is 5.88 Å². The predicted molar refractivity (Wildman–Crippen MR) is 54.6 cm³/mol. The SMILES string of the molecule is COc1cc(O)ccc1-c1cc(N)on1. The van der Waals surface area contributed by atoms with Gasteiger partial charge < -0.3 is 20.1 Å². The van der Waals surface area contributed by atoms with Gasteiger partial charge in [-0.15, -0.1) is 0 Å². The molecule has 0 aliphatic rings. The summed E-state index contributed by atoms with van der Waals surface area (Å²) in [7, 11) is 1.52. The molecule has 0 bridgehead atoms. The van der Waals surface area contributed by atoms with Crippen LogP contribution >= 0.6 is 0 Å². The first-order valence-corrected chi connectivity index (χ1v) is 4.30. The van der Waals surface area contributed by atoms with Crippen molar-refractivity contribution in [2.45, 2.75) is 0 Å². The first kappa shape index (κ1) is 9.39. The van der Waals surface area contributed by atoms with Gasteiger partial charge in [0.1, 0.15) is 17.2 Å². The summed E-state index contributed by atoms with van der Waals surface area (Å²) in [6.45, 7) is 0. The highest BCUT2D eigenvalue weighted by Gasteiger charge is 2.10. The molecule has 1 heterocycles. The number of nitrogen functional groups attached to an aromatic ring is 1. The zero-order valence-electron chi connectivity index (χ0n) is 8.10. The molecule has 2 rings (SSSR count). The largest absolute Gasteiger partial charge is 0.508 e. The van der Waals surface area contributed by atoms with Crippen molar-refractivity contribution < 1.29 is 14.4 Å². The molecule has 0 unspecified atom stereocenters. The maximum absolute atomic E-state index is 9.27. The van der Waals surface area contributed by atoms with Crippen molar-refractivity contribution in [2.75, 3.05) is 12.8 Å². The van der Waals surface area contributed by atoms with Crippen LogP contribution in [0.1, 0.15) is 0 Å². The normalized spacial score (nSPS) is 10.2. The number of nitrogens with zero attached hydrogens (tertiary/aromatic N) is 1. The van der Waals surface area contributed by atoms with Gasteiger partial charge in [0.05, 0.1) is 7.11 Å². The van der Waals surface area contributed by atoms with Crippen LogP contribution in [0.5, 0.6) is 11.5 Å². The number of hydrogen-bond donors (Lipinski definition) is 2. The molecule has 0 atom stereocenters. The maximum Gasteiger partial charge on any atom is 0.222 e. The zero-order chi connectivity index (χ0) is 10.8. The molecule has 15 heavy (non-hydrogen) atoms. The maximum atomic E-state index is 9.27. The van der Waals surface area contributed by atoms with E-state index in [-0.39, 0.29) is 11.6 Å². The van der Waals surface area contributed by atoms with Gasteiger partial charge in [0.15, 0.2) is 0 Å². The number of hydrogen-bond acceptors (Lipinski definition) is 5. The van der Waals surface area contributed by atoms with Gasteiger partial charge in [-0.25, -0.2) is 0 Å². The number of aromatic hydroxyl groups is 1. The highest BCUT2D eigenvalue weighted by Crippen LogP contribution is 2.32. The van der Waals surface area contributed by atoms with Gasteiger partial charge in [-0.1, -0.05) is 5.16 Å². The Labute approximate surface area is 86.1 Å². The Bertz CT molecular complexity index is 479. The molecule has 0 aliphatic heterocycles. The molecule has 0 saturated carbocycles. The summed E-state index contributed by atoms with van der Waals surface area (Å²) in [5.41, 5.74) is 6.71. The molecular weight excluding hydrogens is 196 g/mol. The van der Waals surface area contributed by atoms with E-state index >= 15 is 0 Å². The summed E-state index contributed by atoms with van der Waals surface area (Å²) in [5.74, 6) is 0.885. The Morgan fingerprint density at radius 2 is 2.20 bits per heavy atom. The Kier molecular flexibility index (Phi) is 2.21. The highest BCUT2D eigenvalue weighted by molar-refractivity contribution is 5.69. The van der Waals surface area contributed by atoms with Crippen LogP contribution in [-0.4, -0.2) is 17.4 Å². The third-order valence-corrected chi connectivity index (χ3v) is 1.99. The average Bonchev–Trinajstić information content (AvgIpc) is 2.64. The van der Waals surface area contributed by atoms with Crippen LogP contribution in [0.15, 0.2) is 28.8 Å². The van der Waals surface area contributed by atoms with Gasteiger partial charge in [0.25, 0.3) is 0 Å². The number of phenols is 1. The molecule has 0 saturated heterocycles. The van der Waals surface area contributed by atoms with Crippen molar-refractivity contribution in [2.24, 2.45) is 0 Å². The molecule has 5 heteroatoms. The van der Waals surface area contributed by atoms with Gasteiger partial charge >= 0.3 is 0 Å². The van der Waals surface area contributed by atoms with Crippen LogP contribution in [0.2, 0.25) is 0 Å². The Balaban J connectivity index is 2.52. The Morgan fingerprint density at radius 3 is 2.80 bits per heavy atom. The summed E-state index contributed by atoms with van der Waals surface area (Å²) in [6.07, 6.45) is 0. The van der Waals surface area contributed by atoms with E-state index in [1.807, 2.05) is 0 Å². The quantitative estimate of drug-likeness (QED) is 0.780. The second-order valence-electron chi connectivity index (χ2n) is 3.00. The minimum absolute atomic E-state index is 0.132. The summed E-state index contributed by atoms with van der Waals surface area (Å²) < 4.78 is 9.87. The number of benzene rings is 1. The van der Waals surface area contributed by atoms with Crippen LogP contribution in [-0.2, 0) is 0 Å². The Morgan fingerprint density at radius 1 is 1.40 bits per heavy atom. The number of anilines is 1. The number of nitrogens with two attached hydrogens (primary N) is 1. The molecule has 0 aliphatic carbocycles. The molecule has 0 fully saturated rings. The van der Waals surface area contributed by atoms with E-state index in [0.717, 1.165) is 5.56 Å². The first-order valence-electron chi connectivity index (χ1n) is 4.30. The van der Waals surface area contributed by atoms with E-state index in [4.69, 9.17) is 15.0 Å². The third-order valence-electron chi connectivity index (χ3n) is 1.99. The van der Waals surface area contributed by atoms with Crippen molar-refractivity contribution in [1.82, 2.24) is 5.16 Å². The second-order valence-corrected chi connectivity index (χ2v) is 3.00. The number of ether oxygens (including phenoxy) is 1. The lowest BCUT2D eigenvalue weighted by atomic mass is 10.1. The summed E-state index contributed by atoms with van der Waals surface area (Å²) in [4.78, 5) is 0. The zero-order valence-corrected chi connectivity index (χ0v) is 8.10. The molecule has 5 nitrogen and oxygen atoms in total. The fourth-order valence-electron chi connectivity index (χ4n) is 1.31. The van der Waals surface area contributed by atoms with Gasteiger partial charge in [-0.3, -0.25) is 0 Å². The minimum atomic E-state index is 0.132. The molecule has 3 N–H and O–H groups in total. The van der Waals surface area contributed by atoms with Gasteiger partial charge in [0.2, 0.25) is 5.88 Å². The van der Waals surface area contributed by atoms with Crippen molar-refractivity contribution in [1.29, 1.82) is 0 Å². The van der Waals surface area contributed by atoms with Crippen LogP contribution in [0.25, 0.3) is 11.3 Å². The summed E-state index contributed by atoms with van der Waals surface area (Å²) >= 11 is 0. The third kappa shape index (κ3) is 1.71. The molecule has 1 aromatic carbocycles. The van der Waals surface area contributed by atoms with E-state index in [2.05, 4.69) is 5.16 Å². The van der Waals surface area contributed by atoms with Crippen molar-refractivity contribution in [3.8, 4) is 22.8 Å². The lowest BCUT2D eigenvalue weighted by Gasteiger charge is -2.05. The number of phenolic OH excluding ortho intramolecular Hbond substituents is 1. The predicted octanol–water partition coefficient (Wildman–Crippen LogP) is 1.64. The second kappa shape index (κ2) is 3.53. The number of rotatable bonds is 2. The monoisotopic (exact) mass is 206 g/mol. The van der Waals surface area contributed by atoms with Crippen molar-refractivity contribution in [3.63, 3.8) is 0 Å². The molecule has 0 radical (unpaired) electrons. The van der Waals surface area contributed by atoms with E-state index in [9.17, 15) is 5.11 Å². The fraction of sp³-hybridized carbons (Fsp3) is 0.100. The fourth-order valence-corrected chi connectivity index (χ4v) is 1.31.